The Kier molecular flexibility index (Phi) is 2.71. The molecule has 0 aromatic carbocycles. The van der Waals surface area contributed by atoms with Gasteiger partial charge >= 0.3 is 0 Å². The van der Waals surface area contributed by atoms with Gasteiger partial charge in [0, 0.05) is 11.4 Å². The van der Waals surface area contributed by atoms with Crippen molar-refractivity contribution in [3.05, 3.63) is 23.3 Å². The van der Waals surface area contributed by atoms with Crippen LogP contribution in [0.2, 0.25) is 0 Å². The zero-order valence-corrected chi connectivity index (χ0v) is 9.16. The first-order valence-corrected chi connectivity index (χ1v) is 5.24. The highest BCUT2D eigenvalue weighted by molar-refractivity contribution is 5.19. The second kappa shape index (κ2) is 3.87. The monoisotopic (exact) mass is 208 g/mol. The molecule has 0 bridgehead atoms. The number of hydrogen-bond donors (Lipinski definition) is 1. The predicted molar refractivity (Wildman–Crippen MR) is 55.7 cm³/mol. The van der Waals surface area contributed by atoms with Crippen LogP contribution in [0.5, 0.6) is 0 Å². The third-order valence-electron chi connectivity index (χ3n) is 2.80. The Morgan fingerprint density at radius 2 is 2.20 bits per heavy atom. The van der Waals surface area contributed by atoms with Crippen LogP contribution in [0, 0.1) is 6.92 Å². The summed E-state index contributed by atoms with van der Waals surface area (Å²) < 4.78 is 5.16. The molecule has 1 aromatic rings. The number of aliphatic hydroxyl groups excluding tert-OH is 1. The van der Waals surface area contributed by atoms with Gasteiger partial charge in [-0.1, -0.05) is 6.92 Å². The molecule has 4 nitrogen and oxygen atoms in total. The maximum Gasteiger partial charge on any atom is 0.141 e. The molecule has 1 aromatic heterocycles. The standard InChI is InChI=1S/C11H16N2O2/c1-3-9-4-8(2)12-10(13-9)11(5-14)6-15-7-11/h4,14H,3,5-7H2,1-2H3. The van der Waals surface area contributed by atoms with Crippen molar-refractivity contribution in [1.29, 1.82) is 0 Å². The third kappa shape index (κ3) is 1.75. The van der Waals surface area contributed by atoms with Crippen molar-refractivity contribution >= 4 is 0 Å². The first-order valence-electron chi connectivity index (χ1n) is 5.24. The molecule has 0 radical (unpaired) electrons. The van der Waals surface area contributed by atoms with Crippen LogP contribution in [0.25, 0.3) is 0 Å². The number of nitrogens with zero attached hydrogens (tertiary/aromatic N) is 2. The summed E-state index contributed by atoms with van der Waals surface area (Å²) in [5.41, 5.74) is 1.63. The fraction of sp³-hybridized carbons (Fsp3) is 0.636. The topological polar surface area (TPSA) is 55.2 Å². The van der Waals surface area contributed by atoms with E-state index in [1.165, 1.54) is 0 Å². The molecule has 1 saturated heterocycles. The molecule has 0 aliphatic carbocycles. The number of aliphatic hydroxyl groups is 1. The van der Waals surface area contributed by atoms with E-state index in [1.807, 2.05) is 13.0 Å². The minimum absolute atomic E-state index is 0.0552. The lowest BCUT2D eigenvalue weighted by Gasteiger charge is -2.38. The van der Waals surface area contributed by atoms with Crippen LogP contribution in [0.4, 0.5) is 0 Å². The Labute approximate surface area is 89.3 Å². The maximum atomic E-state index is 9.38. The van der Waals surface area contributed by atoms with E-state index in [4.69, 9.17) is 4.74 Å². The van der Waals surface area contributed by atoms with Gasteiger partial charge in [0.05, 0.1) is 25.2 Å². The van der Waals surface area contributed by atoms with Crippen LogP contribution in [0.15, 0.2) is 6.07 Å². The van der Waals surface area contributed by atoms with Gasteiger partial charge in [-0.3, -0.25) is 0 Å². The lowest BCUT2D eigenvalue weighted by Crippen LogP contribution is -2.51. The number of rotatable bonds is 3. The van der Waals surface area contributed by atoms with Crippen LogP contribution < -0.4 is 0 Å². The van der Waals surface area contributed by atoms with Gasteiger partial charge in [0.2, 0.25) is 0 Å². The van der Waals surface area contributed by atoms with E-state index < -0.39 is 0 Å². The van der Waals surface area contributed by atoms with Gasteiger partial charge in [0.15, 0.2) is 0 Å². The first-order chi connectivity index (χ1) is 7.20. The van der Waals surface area contributed by atoms with Crippen molar-refractivity contribution in [1.82, 2.24) is 9.97 Å². The van der Waals surface area contributed by atoms with Gasteiger partial charge in [-0.15, -0.1) is 0 Å². The van der Waals surface area contributed by atoms with Crippen LogP contribution in [0.1, 0.15) is 24.1 Å². The van der Waals surface area contributed by atoms with Crippen molar-refractivity contribution in [3.8, 4) is 0 Å². The predicted octanol–water partition coefficient (Wildman–Crippen LogP) is 0.608. The SMILES string of the molecule is CCc1cc(C)nc(C2(CO)COC2)n1. The minimum Gasteiger partial charge on any atom is -0.395 e. The molecule has 0 saturated carbocycles. The number of aromatic nitrogens is 2. The van der Waals surface area contributed by atoms with Crippen molar-refractivity contribution in [2.24, 2.45) is 0 Å². The average Bonchev–Trinajstić information content (AvgIpc) is 2.16. The second-order valence-electron chi connectivity index (χ2n) is 4.11. The van der Waals surface area contributed by atoms with Gasteiger partial charge in [-0.25, -0.2) is 9.97 Å². The molecule has 1 aliphatic rings. The molecule has 1 N–H and O–H groups in total. The van der Waals surface area contributed by atoms with Crippen molar-refractivity contribution in [2.45, 2.75) is 25.7 Å². The zero-order valence-electron chi connectivity index (χ0n) is 9.16. The summed E-state index contributed by atoms with van der Waals surface area (Å²) in [5.74, 6) is 0.730. The molecule has 1 aliphatic heterocycles. The average molecular weight is 208 g/mol. The summed E-state index contributed by atoms with van der Waals surface area (Å²) in [6.07, 6.45) is 0.888. The lowest BCUT2D eigenvalue weighted by molar-refractivity contribution is -0.0885. The number of hydrogen-bond acceptors (Lipinski definition) is 4. The fourth-order valence-corrected chi connectivity index (χ4v) is 1.69. The van der Waals surface area contributed by atoms with Gasteiger partial charge in [0.1, 0.15) is 5.82 Å². The molecule has 82 valence electrons. The number of aryl methyl sites for hydroxylation is 2. The highest BCUT2D eigenvalue weighted by Gasteiger charge is 2.42. The zero-order chi connectivity index (χ0) is 10.9. The highest BCUT2D eigenvalue weighted by Crippen LogP contribution is 2.29. The van der Waals surface area contributed by atoms with Crippen LogP contribution in [0.3, 0.4) is 0 Å². The number of ether oxygens (including phenoxy) is 1. The molecule has 0 spiro atoms. The van der Waals surface area contributed by atoms with E-state index >= 15 is 0 Å². The van der Waals surface area contributed by atoms with Crippen molar-refractivity contribution < 1.29 is 9.84 Å². The molecular formula is C11H16N2O2. The molecule has 4 heteroatoms. The van der Waals surface area contributed by atoms with Gasteiger partial charge in [-0.05, 0) is 19.4 Å². The Hall–Kier alpha value is -1.00. The fourth-order valence-electron chi connectivity index (χ4n) is 1.69. The summed E-state index contributed by atoms with van der Waals surface area (Å²) in [7, 11) is 0. The van der Waals surface area contributed by atoms with E-state index in [2.05, 4.69) is 16.9 Å². The molecule has 0 amide bonds. The van der Waals surface area contributed by atoms with Crippen LogP contribution >= 0.6 is 0 Å². The van der Waals surface area contributed by atoms with Gasteiger partial charge < -0.3 is 9.84 Å². The molecule has 1 fully saturated rings. The normalized spacial score (nSPS) is 18.6. The Bertz CT molecular complexity index is 356. The quantitative estimate of drug-likeness (QED) is 0.790. The lowest BCUT2D eigenvalue weighted by atomic mass is 9.86. The van der Waals surface area contributed by atoms with Gasteiger partial charge in [-0.2, -0.15) is 0 Å². The summed E-state index contributed by atoms with van der Waals surface area (Å²) in [5, 5.41) is 9.38. The molecule has 2 rings (SSSR count). The minimum atomic E-state index is -0.351. The Morgan fingerprint density at radius 1 is 1.47 bits per heavy atom. The van der Waals surface area contributed by atoms with Crippen LogP contribution in [-0.4, -0.2) is 34.9 Å². The Balaban J connectivity index is 2.38. The van der Waals surface area contributed by atoms with E-state index in [9.17, 15) is 5.11 Å². The van der Waals surface area contributed by atoms with Crippen LogP contribution in [-0.2, 0) is 16.6 Å². The molecule has 15 heavy (non-hydrogen) atoms. The van der Waals surface area contributed by atoms with Gasteiger partial charge in [0.25, 0.3) is 0 Å². The smallest absolute Gasteiger partial charge is 0.141 e. The first kappa shape index (κ1) is 10.5. The molecular weight excluding hydrogens is 192 g/mol. The van der Waals surface area contributed by atoms with E-state index in [-0.39, 0.29) is 12.0 Å². The molecule has 2 heterocycles. The second-order valence-corrected chi connectivity index (χ2v) is 4.11. The van der Waals surface area contributed by atoms with Crippen molar-refractivity contribution in [2.75, 3.05) is 19.8 Å². The summed E-state index contributed by atoms with van der Waals surface area (Å²) >= 11 is 0. The Morgan fingerprint density at radius 3 is 2.67 bits per heavy atom. The third-order valence-corrected chi connectivity index (χ3v) is 2.80. The van der Waals surface area contributed by atoms with E-state index in [1.54, 1.807) is 0 Å². The summed E-state index contributed by atoms with van der Waals surface area (Å²) in [6.45, 7) is 5.12. The van der Waals surface area contributed by atoms with E-state index in [0.717, 1.165) is 23.6 Å². The summed E-state index contributed by atoms with van der Waals surface area (Å²) in [6, 6.07) is 1.98. The maximum absolute atomic E-state index is 9.38. The largest absolute Gasteiger partial charge is 0.395 e. The van der Waals surface area contributed by atoms with Crippen molar-refractivity contribution in [3.63, 3.8) is 0 Å². The van der Waals surface area contributed by atoms with E-state index in [0.29, 0.717) is 13.2 Å². The molecule has 0 unspecified atom stereocenters. The molecule has 0 atom stereocenters. The highest BCUT2D eigenvalue weighted by atomic mass is 16.5. The summed E-state index contributed by atoms with van der Waals surface area (Å²) in [4.78, 5) is 8.86.